The summed E-state index contributed by atoms with van der Waals surface area (Å²) < 4.78 is 31.9. The molecule has 0 radical (unpaired) electrons. The Balaban J connectivity index is 1.83. The van der Waals surface area contributed by atoms with Crippen molar-refractivity contribution in [2.75, 3.05) is 13.2 Å². The highest BCUT2D eigenvalue weighted by Gasteiger charge is 2.37. The van der Waals surface area contributed by atoms with Gasteiger partial charge in [0, 0.05) is 12.1 Å². The largest absolute Gasteiger partial charge is 0.374 e. The van der Waals surface area contributed by atoms with Crippen molar-refractivity contribution in [3.8, 4) is 0 Å². The minimum atomic E-state index is -0.982. The summed E-state index contributed by atoms with van der Waals surface area (Å²) in [5.41, 5.74) is 0.204. The van der Waals surface area contributed by atoms with Gasteiger partial charge in [-0.25, -0.2) is 8.78 Å². The molecule has 0 bridgehead atoms. The number of halogens is 2. The Morgan fingerprint density at radius 1 is 1.20 bits per heavy atom. The molecule has 0 spiro atoms. The van der Waals surface area contributed by atoms with Gasteiger partial charge in [-0.15, -0.1) is 0 Å². The molecule has 0 N–H and O–H groups in total. The van der Waals surface area contributed by atoms with E-state index in [0.717, 1.165) is 37.8 Å². The number of nitrogens with zero attached hydrogens (tertiary/aromatic N) is 1. The third-order valence-electron chi connectivity index (χ3n) is 4.16. The van der Waals surface area contributed by atoms with Crippen molar-refractivity contribution in [2.24, 2.45) is 0 Å². The zero-order valence-electron chi connectivity index (χ0n) is 11.1. The highest BCUT2D eigenvalue weighted by molar-refractivity contribution is 5.94. The number of hydrogen-bond donors (Lipinski definition) is 0. The van der Waals surface area contributed by atoms with Crippen LogP contribution in [0.2, 0.25) is 0 Å². The molecule has 1 aromatic rings. The summed E-state index contributed by atoms with van der Waals surface area (Å²) in [6.45, 7) is 1.02. The maximum atomic E-state index is 13.3. The van der Waals surface area contributed by atoms with E-state index in [1.54, 1.807) is 4.90 Å². The zero-order valence-corrected chi connectivity index (χ0v) is 11.1. The molecule has 2 aliphatic rings. The van der Waals surface area contributed by atoms with Crippen LogP contribution in [-0.4, -0.2) is 36.1 Å². The van der Waals surface area contributed by atoms with Crippen molar-refractivity contribution in [3.05, 3.63) is 35.4 Å². The third-order valence-corrected chi connectivity index (χ3v) is 4.16. The number of carbonyl (C=O) groups excluding carboxylic acids is 1. The smallest absolute Gasteiger partial charge is 0.254 e. The molecule has 1 aliphatic heterocycles. The quantitative estimate of drug-likeness (QED) is 0.792. The van der Waals surface area contributed by atoms with Gasteiger partial charge in [0.05, 0.1) is 18.8 Å². The molecule has 1 aliphatic carbocycles. The van der Waals surface area contributed by atoms with E-state index >= 15 is 0 Å². The Morgan fingerprint density at radius 2 is 2.00 bits per heavy atom. The minimum absolute atomic E-state index is 0.0677. The van der Waals surface area contributed by atoms with Gasteiger partial charge in [-0.05, 0) is 31.0 Å². The molecule has 2 fully saturated rings. The van der Waals surface area contributed by atoms with Gasteiger partial charge in [0.15, 0.2) is 11.6 Å². The van der Waals surface area contributed by atoms with Gasteiger partial charge in [0.2, 0.25) is 0 Å². The van der Waals surface area contributed by atoms with Crippen molar-refractivity contribution in [2.45, 2.75) is 37.8 Å². The summed E-state index contributed by atoms with van der Waals surface area (Å²) in [4.78, 5) is 14.3. The molecule has 0 aromatic heterocycles. The van der Waals surface area contributed by atoms with Crippen LogP contribution in [-0.2, 0) is 4.74 Å². The molecular formula is C15H17F2NO2. The monoisotopic (exact) mass is 281 g/mol. The van der Waals surface area contributed by atoms with Crippen molar-refractivity contribution in [1.29, 1.82) is 0 Å². The van der Waals surface area contributed by atoms with Crippen LogP contribution in [0.1, 0.15) is 36.0 Å². The van der Waals surface area contributed by atoms with Gasteiger partial charge in [-0.1, -0.05) is 12.8 Å². The third kappa shape index (κ3) is 2.42. The second-order valence-corrected chi connectivity index (χ2v) is 5.39. The molecule has 1 amide bonds. The Morgan fingerprint density at radius 3 is 2.80 bits per heavy atom. The normalized spacial score (nSPS) is 26.2. The van der Waals surface area contributed by atoms with Gasteiger partial charge in [0.1, 0.15) is 0 Å². The van der Waals surface area contributed by atoms with Gasteiger partial charge in [-0.2, -0.15) is 0 Å². The summed E-state index contributed by atoms with van der Waals surface area (Å²) in [5.74, 6) is -2.15. The van der Waals surface area contributed by atoms with Crippen molar-refractivity contribution >= 4 is 5.91 Å². The van der Waals surface area contributed by atoms with Crippen molar-refractivity contribution in [1.82, 2.24) is 4.90 Å². The lowest BCUT2D eigenvalue weighted by molar-refractivity contribution is -0.0752. The first kappa shape index (κ1) is 13.5. The summed E-state index contributed by atoms with van der Waals surface area (Å²) in [5, 5.41) is 0. The van der Waals surface area contributed by atoms with Gasteiger partial charge in [-0.3, -0.25) is 4.79 Å². The highest BCUT2D eigenvalue weighted by atomic mass is 19.2. The Bertz CT molecular complexity index is 519. The number of rotatable bonds is 1. The number of benzene rings is 1. The molecule has 1 aromatic carbocycles. The Hall–Kier alpha value is -1.49. The molecule has 2 atom stereocenters. The van der Waals surface area contributed by atoms with Crippen LogP contribution in [0.15, 0.2) is 18.2 Å². The lowest BCUT2D eigenvalue weighted by atomic mass is 9.89. The lowest BCUT2D eigenvalue weighted by Crippen LogP contribution is -2.54. The molecule has 3 nitrogen and oxygen atoms in total. The molecule has 1 saturated heterocycles. The Kier molecular flexibility index (Phi) is 3.70. The van der Waals surface area contributed by atoms with Crippen LogP contribution >= 0.6 is 0 Å². The van der Waals surface area contributed by atoms with Crippen LogP contribution in [0.5, 0.6) is 0 Å². The van der Waals surface area contributed by atoms with E-state index in [2.05, 4.69) is 0 Å². The van der Waals surface area contributed by atoms with Crippen LogP contribution in [0.3, 0.4) is 0 Å². The van der Waals surface area contributed by atoms with Crippen LogP contribution < -0.4 is 0 Å². The summed E-state index contributed by atoms with van der Waals surface area (Å²) >= 11 is 0. The maximum Gasteiger partial charge on any atom is 0.254 e. The summed E-state index contributed by atoms with van der Waals surface area (Å²) in [6.07, 6.45) is 4.17. The fourth-order valence-corrected chi connectivity index (χ4v) is 3.14. The van der Waals surface area contributed by atoms with Gasteiger partial charge in [0.25, 0.3) is 5.91 Å². The number of carbonyl (C=O) groups is 1. The van der Waals surface area contributed by atoms with Crippen molar-refractivity contribution in [3.63, 3.8) is 0 Å². The zero-order chi connectivity index (χ0) is 14.1. The van der Waals surface area contributed by atoms with Gasteiger partial charge < -0.3 is 9.64 Å². The molecule has 20 heavy (non-hydrogen) atoms. The maximum absolute atomic E-state index is 13.3. The van der Waals surface area contributed by atoms with E-state index in [9.17, 15) is 13.6 Å². The molecule has 108 valence electrons. The fraction of sp³-hybridized carbons (Fsp3) is 0.533. The average molecular weight is 281 g/mol. The summed E-state index contributed by atoms with van der Waals surface area (Å²) in [7, 11) is 0. The summed E-state index contributed by atoms with van der Waals surface area (Å²) in [6, 6.07) is 3.39. The molecule has 0 unspecified atom stereocenters. The topological polar surface area (TPSA) is 29.5 Å². The van der Waals surface area contributed by atoms with E-state index in [0.29, 0.717) is 13.2 Å². The molecule has 3 rings (SSSR count). The van der Waals surface area contributed by atoms with Crippen LogP contribution in [0.4, 0.5) is 8.78 Å². The first-order chi connectivity index (χ1) is 9.66. The first-order valence-corrected chi connectivity index (χ1v) is 7.04. The minimum Gasteiger partial charge on any atom is -0.374 e. The van der Waals surface area contributed by atoms with Crippen molar-refractivity contribution < 1.29 is 18.3 Å². The van der Waals surface area contributed by atoms with Gasteiger partial charge >= 0.3 is 0 Å². The molecule has 5 heteroatoms. The van der Waals surface area contributed by atoms with E-state index in [1.165, 1.54) is 6.07 Å². The second-order valence-electron chi connectivity index (χ2n) is 5.39. The number of hydrogen-bond acceptors (Lipinski definition) is 2. The number of amides is 1. The van der Waals surface area contributed by atoms with Crippen LogP contribution in [0, 0.1) is 11.6 Å². The van der Waals surface area contributed by atoms with E-state index < -0.39 is 11.6 Å². The molecule has 1 saturated carbocycles. The van der Waals surface area contributed by atoms with E-state index in [1.807, 2.05) is 0 Å². The predicted molar refractivity (Wildman–Crippen MR) is 69.4 cm³/mol. The number of fused-ring (bicyclic) bond motifs is 1. The second kappa shape index (κ2) is 5.48. The highest BCUT2D eigenvalue weighted by Crippen LogP contribution is 2.29. The molecular weight excluding hydrogens is 264 g/mol. The molecule has 1 heterocycles. The Labute approximate surface area is 116 Å². The SMILES string of the molecule is O=C(c1ccc(F)c(F)c1)N1CCO[C@H]2CCCC[C@H]21. The van der Waals surface area contributed by atoms with E-state index in [4.69, 9.17) is 4.74 Å². The predicted octanol–water partition coefficient (Wildman–Crippen LogP) is 2.75. The van der Waals surface area contributed by atoms with E-state index in [-0.39, 0.29) is 23.6 Å². The fourth-order valence-electron chi connectivity index (χ4n) is 3.14. The lowest BCUT2D eigenvalue weighted by Gasteiger charge is -2.43. The number of morpholine rings is 1. The van der Waals surface area contributed by atoms with Crippen LogP contribution in [0.25, 0.3) is 0 Å². The standard InChI is InChI=1S/C15H17F2NO2/c16-11-6-5-10(9-12(11)17)15(19)18-7-8-20-14-4-2-1-3-13(14)18/h5-6,9,13-14H,1-4,7-8H2/t13-,14+/m1/s1. The average Bonchev–Trinajstić information content (AvgIpc) is 2.49. The first-order valence-electron chi connectivity index (χ1n) is 7.04. The number of ether oxygens (including phenoxy) is 1.